The van der Waals surface area contributed by atoms with Crippen molar-refractivity contribution in [3.63, 3.8) is 0 Å². The van der Waals surface area contributed by atoms with Gasteiger partial charge in [-0.3, -0.25) is 4.57 Å². The molecule has 1 unspecified atom stereocenters. The highest BCUT2D eigenvalue weighted by atomic mass is 15.4. The van der Waals surface area contributed by atoms with E-state index in [9.17, 15) is 0 Å². The molecule has 1 aliphatic heterocycles. The molecule has 11 rings (SSSR count). The summed E-state index contributed by atoms with van der Waals surface area (Å²) < 4.78 is 4.97. The molecular formula is C45H30N4. The topological polar surface area (TPSA) is 24.9 Å². The Bertz CT molecular complexity index is 2950. The van der Waals surface area contributed by atoms with E-state index in [1.54, 1.807) is 0 Å². The summed E-state index contributed by atoms with van der Waals surface area (Å²) in [7, 11) is 2.19. The first-order chi connectivity index (χ1) is 24.3. The van der Waals surface area contributed by atoms with E-state index >= 15 is 0 Å². The zero-order valence-corrected chi connectivity index (χ0v) is 26.9. The number of aliphatic imine (C=N–C) groups is 1. The zero-order valence-electron chi connectivity index (χ0n) is 26.9. The van der Waals surface area contributed by atoms with Crippen molar-refractivity contribution in [2.75, 3.05) is 11.9 Å². The van der Waals surface area contributed by atoms with Crippen molar-refractivity contribution in [1.82, 2.24) is 8.97 Å². The Morgan fingerprint density at radius 3 is 1.80 bits per heavy atom. The van der Waals surface area contributed by atoms with Gasteiger partial charge < -0.3 is 9.30 Å². The average molecular weight is 627 g/mol. The quantitative estimate of drug-likeness (QED) is 0.192. The number of anilines is 1. The maximum atomic E-state index is 5.69. The summed E-state index contributed by atoms with van der Waals surface area (Å²) in [6.45, 7) is 0. The maximum Gasteiger partial charge on any atom is 0.203 e. The van der Waals surface area contributed by atoms with Crippen LogP contribution in [0.1, 0.15) is 17.4 Å². The number of aromatic nitrogens is 2. The largest absolute Gasteiger partial charge is 0.335 e. The highest BCUT2D eigenvalue weighted by Gasteiger charge is 2.31. The van der Waals surface area contributed by atoms with Gasteiger partial charge in [-0.05, 0) is 41.5 Å². The summed E-state index contributed by atoms with van der Waals surface area (Å²) in [6, 6.07) is 57.1. The smallest absolute Gasteiger partial charge is 0.203 e. The summed E-state index contributed by atoms with van der Waals surface area (Å²) >= 11 is 0. The van der Waals surface area contributed by atoms with Crippen molar-refractivity contribution >= 4 is 71.3 Å². The number of nitrogens with zero attached hydrogens (tertiary/aromatic N) is 4. The third kappa shape index (κ3) is 3.55. The van der Waals surface area contributed by atoms with Crippen molar-refractivity contribution in [3.8, 4) is 11.1 Å². The minimum Gasteiger partial charge on any atom is -0.335 e. The van der Waals surface area contributed by atoms with Gasteiger partial charge in [-0.1, -0.05) is 127 Å². The minimum atomic E-state index is -0.305. The molecular weight excluding hydrogens is 597 g/mol. The molecule has 49 heavy (non-hydrogen) atoms. The SMILES string of the molecule is CN1c2ccccc2C(c2ccc(-c3ccccc3)cc2)=NC1n1c2ccccc2c2cc3c4ccccc4n4c5ccccc5c(c21)c34. The van der Waals surface area contributed by atoms with Crippen molar-refractivity contribution in [3.05, 3.63) is 169 Å². The third-order valence-electron chi connectivity index (χ3n) is 10.7. The van der Waals surface area contributed by atoms with E-state index in [1.807, 2.05) is 0 Å². The van der Waals surface area contributed by atoms with Crippen LogP contribution < -0.4 is 4.90 Å². The van der Waals surface area contributed by atoms with E-state index in [0.717, 1.165) is 16.8 Å². The standard InChI is InChI=1S/C45H30N4/c1-47-37-19-9-8-18-34(37)42(30-25-23-29(24-26-30)28-13-3-2-4-14-28)46-45(47)49-39-21-11-6-16-32(39)36-27-35-31-15-5-10-20-38(31)48-40-22-12-7-17-33(40)41(43(35)48)44(36)49/h2-27,45H,1H3. The summed E-state index contributed by atoms with van der Waals surface area (Å²) in [5, 5.41) is 7.63. The summed E-state index contributed by atoms with van der Waals surface area (Å²) in [5.41, 5.74) is 13.0. The first-order valence-electron chi connectivity index (χ1n) is 16.9. The van der Waals surface area contributed by atoms with Crippen molar-refractivity contribution in [2.24, 2.45) is 4.99 Å². The Kier molecular flexibility index (Phi) is 5.34. The first-order valence-corrected chi connectivity index (χ1v) is 16.9. The molecule has 0 saturated carbocycles. The fourth-order valence-corrected chi connectivity index (χ4v) is 8.52. The zero-order chi connectivity index (χ0) is 32.2. The number of benzene rings is 7. The molecule has 0 aliphatic carbocycles. The van der Waals surface area contributed by atoms with Gasteiger partial charge in [-0.15, -0.1) is 0 Å². The van der Waals surface area contributed by atoms with E-state index in [0.29, 0.717) is 0 Å². The molecule has 0 fully saturated rings. The van der Waals surface area contributed by atoms with Crippen LogP contribution in [0.4, 0.5) is 5.69 Å². The van der Waals surface area contributed by atoms with Crippen LogP contribution in [-0.2, 0) is 0 Å². The van der Waals surface area contributed by atoms with Crippen LogP contribution in [0, 0.1) is 0 Å². The number of rotatable bonds is 3. The fourth-order valence-electron chi connectivity index (χ4n) is 8.52. The monoisotopic (exact) mass is 626 g/mol. The van der Waals surface area contributed by atoms with E-state index in [-0.39, 0.29) is 6.29 Å². The molecule has 4 heteroatoms. The van der Waals surface area contributed by atoms with Crippen LogP contribution in [0.15, 0.2) is 163 Å². The van der Waals surface area contributed by atoms with Crippen molar-refractivity contribution in [1.29, 1.82) is 0 Å². The molecule has 0 amide bonds. The molecule has 0 N–H and O–H groups in total. The molecule has 230 valence electrons. The van der Waals surface area contributed by atoms with E-state index < -0.39 is 0 Å². The normalized spacial score (nSPS) is 14.9. The molecule has 3 aromatic heterocycles. The summed E-state index contributed by atoms with van der Waals surface area (Å²) in [4.78, 5) is 8.03. The van der Waals surface area contributed by atoms with Crippen LogP contribution in [0.2, 0.25) is 0 Å². The predicted octanol–water partition coefficient (Wildman–Crippen LogP) is 11.1. The molecule has 4 nitrogen and oxygen atoms in total. The van der Waals surface area contributed by atoms with Crippen LogP contribution in [0.5, 0.6) is 0 Å². The lowest BCUT2D eigenvalue weighted by molar-refractivity contribution is 0.541. The molecule has 4 heterocycles. The fraction of sp³-hybridized carbons (Fsp3) is 0.0444. The Morgan fingerprint density at radius 1 is 0.469 bits per heavy atom. The average Bonchev–Trinajstić information content (AvgIpc) is 3.80. The second kappa shape index (κ2) is 9.82. The van der Waals surface area contributed by atoms with Gasteiger partial charge in [0.15, 0.2) is 0 Å². The van der Waals surface area contributed by atoms with Crippen LogP contribution >= 0.6 is 0 Å². The van der Waals surface area contributed by atoms with Crippen LogP contribution in [0.3, 0.4) is 0 Å². The van der Waals surface area contributed by atoms with E-state index in [4.69, 9.17) is 4.99 Å². The van der Waals surface area contributed by atoms with Gasteiger partial charge in [-0.2, -0.15) is 0 Å². The lowest BCUT2D eigenvalue weighted by atomic mass is 9.96. The van der Waals surface area contributed by atoms with E-state index in [2.05, 4.69) is 179 Å². The number of para-hydroxylation sites is 4. The van der Waals surface area contributed by atoms with Gasteiger partial charge in [0, 0.05) is 56.2 Å². The number of fused-ring (bicyclic) bond motifs is 11. The molecule has 0 radical (unpaired) electrons. The lowest BCUT2D eigenvalue weighted by Crippen LogP contribution is -2.33. The van der Waals surface area contributed by atoms with Gasteiger partial charge in [0.2, 0.25) is 6.29 Å². The Hall–Kier alpha value is -6.39. The van der Waals surface area contributed by atoms with Gasteiger partial charge in [0.05, 0.1) is 33.3 Å². The van der Waals surface area contributed by atoms with E-state index in [1.165, 1.54) is 76.7 Å². The Morgan fingerprint density at radius 2 is 1.02 bits per heavy atom. The van der Waals surface area contributed by atoms with Gasteiger partial charge in [0.25, 0.3) is 0 Å². The predicted molar refractivity (Wildman–Crippen MR) is 206 cm³/mol. The number of hydrogen-bond donors (Lipinski definition) is 0. The number of hydrogen-bond acceptors (Lipinski definition) is 2. The molecule has 10 aromatic rings. The van der Waals surface area contributed by atoms with Gasteiger partial charge in [0.1, 0.15) is 0 Å². The Labute approximate surface area is 282 Å². The molecule has 7 aromatic carbocycles. The maximum absolute atomic E-state index is 5.69. The minimum absolute atomic E-state index is 0.305. The molecule has 0 saturated heterocycles. The second-order valence-electron chi connectivity index (χ2n) is 13.2. The first kappa shape index (κ1) is 26.7. The van der Waals surface area contributed by atoms with Crippen molar-refractivity contribution in [2.45, 2.75) is 6.29 Å². The summed E-state index contributed by atoms with van der Waals surface area (Å²) in [6.07, 6.45) is -0.305. The lowest BCUT2D eigenvalue weighted by Gasteiger charge is -2.35. The second-order valence-corrected chi connectivity index (χ2v) is 13.2. The molecule has 1 aliphatic rings. The van der Waals surface area contributed by atoms with Gasteiger partial charge in [-0.25, -0.2) is 4.99 Å². The molecule has 1 atom stereocenters. The molecule has 0 spiro atoms. The highest BCUT2D eigenvalue weighted by molar-refractivity contribution is 6.34. The summed E-state index contributed by atoms with van der Waals surface area (Å²) in [5.74, 6) is 0. The van der Waals surface area contributed by atoms with Crippen molar-refractivity contribution < 1.29 is 0 Å². The van der Waals surface area contributed by atoms with Crippen LogP contribution in [-0.4, -0.2) is 21.7 Å². The third-order valence-corrected chi connectivity index (χ3v) is 10.7. The van der Waals surface area contributed by atoms with Gasteiger partial charge >= 0.3 is 0 Å². The van der Waals surface area contributed by atoms with Crippen LogP contribution in [0.25, 0.3) is 71.0 Å². The Balaban J connectivity index is 1.24. The molecule has 0 bridgehead atoms. The highest BCUT2D eigenvalue weighted by Crippen LogP contribution is 2.47.